The summed E-state index contributed by atoms with van der Waals surface area (Å²) in [5, 5.41) is 0. The van der Waals surface area contributed by atoms with E-state index in [9.17, 15) is 4.79 Å². The number of aryl methyl sites for hydroxylation is 2. The summed E-state index contributed by atoms with van der Waals surface area (Å²) in [5.74, 6) is 0. The second-order valence-corrected chi connectivity index (χ2v) is 3.08. The second-order valence-electron chi connectivity index (χ2n) is 2.64. The van der Waals surface area contributed by atoms with Crippen molar-refractivity contribution in [3.8, 4) is 0 Å². The number of aldehydes is 1. The second kappa shape index (κ2) is 3.09. The normalized spacial score (nSPS) is 9.73. The molecule has 0 bridgehead atoms. The molecule has 0 atom stereocenters. The fourth-order valence-electron chi connectivity index (χ4n) is 1.08. The van der Waals surface area contributed by atoms with Gasteiger partial charge in [0.2, 0.25) is 0 Å². The van der Waals surface area contributed by atoms with Gasteiger partial charge in [0, 0.05) is 10.5 Å². The smallest absolute Gasteiger partial charge is 0.151 e. The van der Waals surface area contributed by atoms with Crippen LogP contribution < -0.4 is 0 Å². The van der Waals surface area contributed by atoms with Gasteiger partial charge in [0.05, 0.1) is 0 Å². The van der Waals surface area contributed by atoms with Gasteiger partial charge < -0.3 is 0 Å². The highest BCUT2D eigenvalue weighted by Crippen LogP contribution is 2.18. The van der Waals surface area contributed by atoms with E-state index in [0.717, 1.165) is 22.3 Å². The Labute approximate surface area is 71.8 Å². The maximum atomic E-state index is 10.5. The van der Waals surface area contributed by atoms with Gasteiger partial charge in [-0.3, -0.25) is 4.79 Å². The molecule has 1 aromatic rings. The molecule has 0 heterocycles. The van der Waals surface area contributed by atoms with Gasteiger partial charge in [0.1, 0.15) is 0 Å². The third-order valence-electron chi connectivity index (χ3n) is 1.60. The molecule has 0 aliphatic carbocycles. The number of hydrogen-bond donors (Lipinski definition) is 1. The van der Waals surface area contributed by atoms with Crippen LogP contribution in [0, 0.1) is 13.8 Å². The predicted molar refractivity (Wildman–Crippen MR) is 48.6 cm³/mol. The van der Waals surface area contributed by atoms with Gasteiger partial charge in [-0.1, -0.05) is 11.6 Å². The molecule has 11 heavy (non-hydrogen) atoms. The summed E-state index contributed by atoms with van der Waals surface area (Å²) in [4.78, 5) is 11.3. The minimum Gasteiger partial charge on any atom is -0.298 e. The van der Waals surface area contributed by atoms with Crippen molar-refractivity contribution < 1.29 is 4.79 Å². The highest BCUT2D eigenvalue weighted by atomic mass is 32.1. The van der Waals surface area contributed by atoms with Crippen molar-refractivity contribution in [1.29, 1.82) is 0 Å². The van der Waals surface area contributed by atoms with Crippen molar-refractivity contribution in [2.75, 3.05) is 0 Å². The SMILES string of the molecule is Cc1cc(C)c(S)c(C=O)c1. The molecule has 0 fully saturated rings. The Morgan fingerprint density at radius 1 is 1.36 bits per heavy atom. The number of carbonyl (C=O) groups excluding carboxylic acids is 1. The summed E-state index contributed by atoms with van der Waals surface area (Å²) in [6.07, 6.45) is 0.836. The van der Waals surface area contributed by atoms with Crippen LogP contribution in [0.25, 0.3) is 0 Å². The molecular formula is C9H10OS. The average molecular weight is 166 g/mol. The fourth-order valence-corrected chi connectivity index (χ4v) is 1.26. The topological polar surface area (TPSA) is 17.1 Å². The summed E-state index contributed by atoms with van der Waals surface area (Å²) in [6.45, 7) is 3.91. The van der Waals surface area contributed by atoms with E-state index in [4.69, 9.17) is 0 Å². The highest BCUT2D eigenvalue weighted by molar-refractivity contribution is 7.80. The standard InChI is InChI=1S/C9H10OS/c1-6-3-7(2)9(11)8(4-6)5-10/h3-5,11H,1-2H3. The molecule has 1 rings (SSSR count). The molecule has 0 spiro atoms. The van der Waals surface area contributed by atoms with Gasteiger partial charge in [0.25, 0.3) is 0 Å². The Balaban J connectivity index is 3.35. The first-order chi connectivity index (χ1) is 5.15. The predicted octanol–water partition coefficient (Wildman–Crippen LogP) is 2.40. The van der Waals surface area contributed by atoms with Gasteiger partial charge in [-0.05, 0) is 25.5 Å². The van der Waals surface area contributed by atoms with E-state index >= 15 is 0 Å². The van der Waals surface area contributed by atoms with E-state index in [0.29, 0.717) is 5.56 Å². The lowest BCUT2D eigenvalue weighted by molar-refractivity contribution is 0.112. The van der Waals surface area contributed by atoms with E-state index in [2.05, 4.69) is 12.6 Å². The molecule has 0 amide bonds. The van der Waals surface area contributed by atoms with Crippen molar-refractivity contribution in [2.24, 2.45) is 0 Å². The molecule has 1 nitrogen and oxygen atoms in total. The van der Waals surface area contributed by atoms with Crippen LogP contribution in [0.5, 0.6) is 0 Å². The summed E-state index contributed by atoms with van der Waals surface area (Å²) < 4.78 is 0. The quantitative estimate of drug-likeness (QED) is 0.501. The zero-order chi connectivity index (χ0) is 8.43. The summed E-state index contributed by atoms with van der Waals surface area (Å²) >= 11 is 4.21. The molecule has 0 saturated carbocycles. The fraction of sp³-hybridized carbons (Fsp3) is 0.222. The zero-order valence-corrected chi connectivity index (χ0v) is 7.48. The molecule has 0 aromatic heterocycles. The Bertz CT molecular complexity index is 292. The summed E-state index contributed by atoms with van der Waals surface area (Å²) in [5.41, 5.74) is 2.82. The van der Waals surface area contributed by atoms with Crippen molar-refractivity contribution in [3.05, 3.63) is 28.8 Å². The molecule has 0 aliphatic heterocycles. The van der Waals surface area contributed by atoms with Gasteiger partial charge in [0.15, 0.2) is 6.29 Å². The van der Waals surface area contributed by atoms with E-state index in [1.807, 2.05) is 26.0 Å². The molecule has 0 saturated heterocycles. The van der Waals surface area contributed by atoms with Crippen LogP contribution in [0.2, 0.25) is 0 Å². The van der Waals surface area contributed by atoms with E-state index in [1.165, 1.54) is 0 Å². The van der Waals surface area contributed by atoms with Gasteiger partial charge in [-0.15, -0.1) is 12.6 Å². The zero-order valence-electron chi connectivity index (χ0n) is 6.59. The van der Waals surface area contributed by atoms with Crippen LogP contribution >= 0.6 is 12.6 Å². The number of hydrogen-bond acceptors (Lipinski definition) is 2. The van der Waals surface area contributed by atoms with Crippen molar-refractivity contribution in [1.82, 2.24) is 0 Å². The van der Waals surface area contributed by atoms with E-state index < -0.39 is 0 Å². The number of benzene rings is 1. The molecule has 2 heteroatoms. The van der Waals surface area contributed by atoms with E-state index in [1.54, 1.807) is 0 Å². The lowest BCUT2D eigenvalue weighted by Crippen LogP contribution is -1.88. The van der Waals surface area contributed by atoms with Crippen LogP contribution in [-0.4, -0.2) is 6.29 Å². The Hall–Kier alpha value is -0.760. The number of thiol groups is 1. The van der Waals surface area contributed by atoms with Crippen LogP contribution in [-0.2, 0) is 0 Å². The van der Waals surface area contributed by atoms with Crippen molar-refractivity contribution >= 4 is 18.9 Å². The summed E-state index contributed by atoms with van der Waals surface area (Å²) in [6, 6.07) is 3.84. The first kappa shape index (κ1) is 8.34. The van der Waals surface area contributed by atoms with Gasteiger partial charge in [-0.2, -0.15) is 0 Å². The lowest BCUT2D eigenvalue weighted by atomic mass is 10.1. The minimum atomic E-state index is 0.672. The first-order valence-electron chi connectivity index (χ1n) is 3.40. The molecule has 0 radical (unpaired) electrons. The molecule has 58 valence electrons. The average Bonchev–Trinajstić information content (AvgIpc) is 1.96. The Morgan fingerprint density at radius 3 is 2.55 bits per heavy atom. The lowest BCUT2D eigenvalue weighted by Gasteiger charge is -2.02. The Kier molecular flexibility index (Phi) is 2.35. The first-order valence-corrected chi connectivity index (χ1v) is 3.85. The van der Waals surface area contributed by atoms with Crippen molar-refractivity contribution in [3.63, 3.8) is 0 Å². The minimum absolute atomic E-state index is 0.672. The molecule has 1 aromatic carbocycles. The van der Waals surface area contributed by atoms with Crippen molar-refractivity contribution in [2.45, 2.75) is 18.7 Å². The third-order valence-corrected chi connectivity index (χ3v) is 2.21. The van der Waals surface area contributed by atoms with Crippen LogP contribution in [0.15, 0.2) is 17.0 Å². The molecule has 0 N–H and O–H groups in total. The number of carbonyl (C=O) groups is 1. The van der Waals surface area contributed by atoms with Crippen LogP contribution in [0.4, 0.5) is 0 Å². The highest BCUT2D eigenvalue weighted by Gasteiger charge is 2.00. The summed E-state index contributed by atoms with van der Waals surface area (Å²) in [7, 11) is 0. The molecular weight excluding hydrogens is 156 g/mol. The number of rotatable bonds is 1. The monoisotopic (exact) mass is 166 g/mol. The van der Waals surface area contributed by atoms with Crippen LogP contribution in [0.3, 0.4) is 0 Å². The van der Waals surface area contributed by atoms with Gasteiger partial charge in [-0.25, -0.2) is 0 Å². The molecule has 0 unspecified atom stereocenters. The largest absolute Gasteiger partial charge is 0.298 e. The van der Waals surface area contributed by atoms with Crippen LogP contribution in [0.1, 0.15) is 21.5 Å². The third kappa shape index (κ3) is 1.63. The Morgan fingerprint density at radius 2 is 2.00 bits per heavy atom. The van der Waals surface area contributed by atoms with Gasteiger partial charge >= 0.3 is 0 Å². The van der Waals surface area contributed by atoms with E-state index in [-0.39, 0.29) is 0 Å². The molecule has 0 aliphatic rings. The maximum Gasteiger partial charge on any atom is 0.151 e. The maximum absolute atomic E-state index is 10.5.